The topological polar surface area (TPSA) is 85.5 Å². The number of hydrogen-bond acceptors (Lipinski definition) is 8. The first-order valence-corrected chi connectivity index (χ1v) is 11.5. The van der Waals surface area contributed by atoms with Gasteiger partial charge in [-0.25, -0.2) is 9.37 Å². The Labute approximate surface area is 192 Å². The van der Waals surface area contributed by atoms with Crippen molar-refractivity contribution in [1.82, 2.24) is 20.4 Å². The lowest BCUT2D eigenvalue weighted by atomic mass is 9.95. The second kappa shape index (κ2) is 8.87. The van der Waals surface area contributed by atoms with Gasteiger partial charge in [-0.2, -0.15) is 4.98 Å². The van der Waals surface area contributed by atoms with Crippen molar-refractivity contribution in [1.29, 1.82) is 0 Å². The quantitative estimate of drug-likeness (QED) is 0.622. The average Bonchev–Trinajstić information content (AvgIpc) is 3.46. The van der Waals surface area contributed by atoms with Gasteiger partial charge in [0, 0.05) is 42.7 Å². The summed E-state index contributed by atoms with van der Waals surface area (Å²) < 4.78 is 31.4. The molecule has 2 aliphatic heterocycles. The van der Waals surface area contributed by atoms with E-state index in [1.165, 1.54) is 13.2 Å². The molecular weight excluding hydrogens is 425 g/mol. The van der Waals surface area contributed by atoms with Crippen molar-refractivity contribution in [3.63, 3.8) is 0 Å². The predicted octanol–water partition coefficient (Wildman–Crippen LogP) is 3.79. The molecule has 5 rings (SSSR count). The number of ether oxygens (including phenoxy) is 2. The Balaban J connectivity index is 1.56. The highest BCUT2D eigenvalue weighted by atomic mass is 19.1. The molecule has 0 saturated carbocycles. The number of hydrogen-bond donors (Lipinski definition) is 1. The number of fused-ring (bicyclic) bond motifs is 1. The van der Waals surface area contributed by atoms with Gasteiger partial charge in [-0.05, 0) is 51.7 Å². The Hall–Kier alpha value is -2.78. The Kier molecular flexibility index (Phi) is 5.92. The zero-order valence-electron chi connectivity index (χ0n) is 19.5. The zero-order chi connectivity index (χ0) is 23.1. The normalized spacial score (nSPS) is 23.4. The summed E-state index contributed by atoms with van der Waals surface area (Å²) in [4.78, 5) is 11.6. The number of pyridine rings is 1. The molecule has 0 spiro atoms. The fraction of sp³-hybridized carbons (Fsp3) is 0.542. The summed E-state index contributed by atoms with van der Waals surface area (Å²) in [6.45, 7) is 8.32. The van der Waals surface area contributed by atoms with E-state index >= 15 is 4.39 Å². The first-order valence-electron chi connectivity index (χ1n) is 11.5. The van der Waals surface area contributed by atoms with Crippen molar-refractivity contribution < 1.29 is 18.4 Å². The standard InChI is InChI=1S/C24H30FN5O3/c1-13-9-16(27-17-6-8-32-12-17)5-7-30(13)23-21(24-26-15(3)29-33-24)14(2)19-10-18(31-4)11-20(25)22(19)28-23/h10-11,13,16-17,27H,5-9,12H2,1-4H3/t13-,16-,17+/m1/s1. The third-order valence-corrected chi connectivity index (χ3v) is 6.78. The average molecular weight is 456 g/mol. The molecule has 8 nitrogen and oxygen atoms in total. The first kappa shape index (κ1) is 22.0. The van der Waals surface area contributed by atoms with E-state index in [2.05, 4.69) is 27.3 Å². The van der Waals surface area contributed by atoms with E-state index in [0.29, 0.717) is 46.3 Å². The predicted molar refractivity (Wildman–Crippen MR) is 123 cm³/mol. The van der Waals surface area contributed by atoms with Crippen LogP contribution in [0.4, 0.5) is 10.2 Å². The van der Waals surface area contributed by atoms with E-state index in [1.54, 1.807) is 13.0 Å². The van der Waals surface area contributed by atoms with Crippen molar-refractivity contribution >= 4 is 16.7 Å². The van der Waals surface area contributed by atoms with Gasteiger partial charge in [-0.1, -0.05) is 5.16 Å². The SMILES string of the molecule is COc1cc(F)c2nc(N3CC[C@@H](N[C@H]4CCOC4)C[C@H]3C)c(-c3nc(C)no3)c(C)c2c1. The van der Waals surface area contributed by atoms with Crippen molar-refractivity contribution in [3.8, 4) is 17.2 Å². The number of piperidine rings is 1. The molecular formula is C24H30FN5O3. The Morgan fingerprint density at radius 2 is 2.03 bits per heavy atom. The van der Waals surface area contributed by atoms with E-state index in [4.69, 9.17) is 19.0 Å². The van der Waals surface area contributed by atoms with E-state index in [1.807, 2.05) is 6.92 Å². The number of nitrogens with one attached hydrogen (secondary N) is 1. The lowest BCUT2D eigenvalue weighted by Gasteiger charge is -2.40. The second-order valence-corrected chi connectivity index (χ2v) is 9.08. The maximum absolute atomic E-state index is 15.1. The number of benzene rings is 1. The molecule has 0 amide bonds. The zero-order valence-corrected chi connectivity index (χ0v) is 19.5. The summed E-state index contributed by atoms with van der Waals surface area (Å²) in [5.41, 5.74) is 1.91. The molecule has 3 atom stereocenters. The molecule has 176 valence electrons. The molecule has 2 aliphatic rings. The highest BCUT2D eigenvalue weighted by molar-refractivity contribution is 5.93. The maximum atomic E-state index is 15.1. The van der Waals surface area contributed by atoms with Gasteiger partial charge in [0.1, 0.15) is 17.1 Å². The van der Waals surface area contributed by atoms with Gasteiger partial charge in [0.25, 0.3) is 5.89 Å². The molecule has 1 N–H and O–H groups in total. The molecule has 2 aromatic heterocycles. The van der Waals surface area contributed by atoms with Crippen LogP contribution in [-0.2, 0) is 4.74 Å². The van der Waals surface area contributed by atoms with Crippen molar-refractivity contribution in [2.24, 2.45) is 0 Å². The fourth-order valence-electron chi connectivity index (χ4n) is 5.06. The minimum absolute atomic E-state index is 0.201. The van der Waals surface area contributed by atoms with Crippen LogP contribution in [0, 0.1) is 19.7 Å². The van der Waals surface area contributed by atoms with Crippen LogP contribution in [0.5, 0.6) is 5.75 Å². The van der Waals surface area contributed by atoms with Crippen molar-refractivity contribution in [2.75, 3.05) is 31.8 Å². The summed E-state index contributed by atoms with van der Waals surface area (Å²) in [6.07, 6.45) is 2.99. The number of aryl methyl sites for hydroxylation is 2. The third-order valence-electron chi connectivity index (χ3n) is 6.78. The lowest BCUT2D eigenvalue weighted by molar-refractivity contribution is 0.185. The second-order valence-electron chi connectivity index (χ2n) is 9.08. The van der Waals surface area contributed by atoms with Gasteiger partial charge in [-0.15, -0.1) is 0 Å². The Morgan fingerprint density at radius 3 is 2.70 bits per heavy atom. The number of rotatable bonds is 5. The lowest BCUT2D eigenvalue weighted by Crippen LogP contribution is -2.50. The van der Waals surface area contributed by atoms with Crippen LogP contribution in [0.2, 0.25) is 0 Å². The summed E-state index contributed by atoms with van der Waals surface area (Å²) >= 11 is 0. The van der Waals surface area contributed by atoms with Gasteiger partial charge in [0.2, 0.25) is 0 Å². The highest BCUT2D eigenvalue weighted by Gasteiger charge is 2.32. The monoisotopic (exact) mass is 455 g/mol. The fourth-order valence-corrected chi connectivity index (χ4v) is 5.06. The van der Waals surface area contributed by atoms with Crippen LogP contribution in [0.3, 0.4) is 0 Å². The summed E-state index contributed by atoms with van der Waals surface area (Å²) in [6, 6.07) is 4.22. The largest absolute Gasteiger partial charge is 0.497 e. The molecule has 1 aromatic carbocycles. The summed E-state index contributed by atoms with van der Waals surface area (Å²) in [5.74, 6) is 1.66. The van der Waals surface area contributed by atoms with Gasteiger partial charge in [0.15, 0.2) is 11.6 Å². The third kappa shape index (κ3) is 4.15. The smallest absolute Gasteiger partial charge is 0.261 e. The minimum Gasteiger partial charge on any atom is -0.497 e. The van der Waals surface area contributed by atoms with Gasteiger partial charge < -0.3 is 24.2 Å². The van der Waals surface area contributed by atoms with Crippen molar-refractivity contribution in [3.05, 3.63) is 29.3 Å². The number of anilines is 1. The molecule has 0 aliphatic carbocycles. The molecule has 0 bridgehead atoms. The molecule has 2 saturated heterocycles. The van der Waals surface area contributed by atoms with Crippen LogP contribution in [0.25, 0.3) is 22.4 Å². The number of aromatic nitrogens is 3. The van der Waals surface area contributed by atoms with Crippen LogP contribution in [0.1, 0.15) is 37.6 Å². The number of methoxy groups -OCH3 is 1. The van der Waals surface area contributed by atoms with Gasteiger partial charge in [-0.3, -0.25) is 0 Å². The van der Waals surface area contributed by atoms with E-state index in [0.717, 1.165) is 50.1 Å². The maximum Gasteiger partial charge on any atom is 0.261 e. The van der Waals surface area contributed by atoms with E-state index < -0.39 is 5.82 Å². The molecule has 3 aromatic rings. The van der Waals surface area contributed by atoms with Gasteiger partial charge in [0.05, 0.1) is 19.3 Å². The number of halogens is 1. The van der Waals surface area contributed by atoms with Crippen LogP contribution < -0.4 is 15.0 Å². The van der Waals surface area contributed by atoms with E-state index in [-0.39, 0.29) is 6.04 Å². The highest BCUT2D eigenvalue weighted by Crippen LogP contribution is 2.40. The summed E-state index contributed by atoms with van der Waals surface area (Å²) in [7, 11) is 1.53. The molecule has 0 radical (unpaired) electrons. The molecule has 0 unspecified atom stereocenters. The Bertz CT molecular complexity index is 1160. The van der Waals surface area contributed by atoms with Crippen LogP contribution >= 0.6 is 0 Å². The summed E-state index contributed by atoms with van der Waals surface area (Å²) in [5, 5.41) is 8.41. The van der Waals surface area contributed by atoms with Crippen molar-refractivity contribution in [2.45, 2.75) is 58.2 Å². The van der Waals surface area contributed by atoms with Crippen LogP contribution in [0.15, 0.2) is 16.7 Å². The van der Waals surface area contributed by atoms with E-state index in [9.17, 15) is 0 Å². The molecule has 2 fully saturated rings. The van der Waals surface area contributed by atoms with Gasteiger partial charge >= 0.3 is 0 Å². The Morgan fingerprint density at radius 1 is 1.18 bits per heavy atom. The molecule has 9 heteroatoms. The minimum atomic E-state index is -0.410. The number of nitrogens with zero attached hydrogens (tertiary/aromatic N) is 4. The molecule has 4 heterocycles. The molecule has 33 heavy (non-hydrogen) atoms. The van der Waals surface area contributed by atoms with Crippen LogP contribution in [-0.4, -0.2) is 60.1 Å². The first-order chi connectivity index (χ1) is 15.9.